The number of nitrogens with zero attached hydrogens (tertiary/aromatic N) is 2. The molecule has 2 atom stereocenters. The third kappa shape index (κ3) is 4.13. The number of carboxylic acid groups (broad SMARTS) is 1. The highest BCUT2D eigenvalue weighted by Crippen LogP contribution is 2.22. The van der Waals surface area contributed by atoms with Crippen LogP contribution in [0, 0.1) is 0 Å². The van der Waals surface area contributed by atoms with Crippen molar-refractivity contribution in [2.45, 2.75) is 44.8 Å². The Morgan fingerprint density at radius 2 is 2.11 bits per heavy atom. The van der Waals surface area contributed by atoms with Crippen molar-refractivity contribution in [1.29, 1.82) is 0 Å². The maximum atomic E-state index is 12.3. The van der Waals surface area contributed by atoms with Gasteiger partial charge in [-0.25, -0.2) is 0 Å². The van der Waals surface area contributed by atoms with Gasteiger partial charge in [0.15, 0.2) is 0 Å². The molecule has 0 bridgehead atoms. The van der Waals surface area contributed by atoms with Crippen LogP contribution in [0.1, 0.15) is 32.6 Å². The number of hydrogen-bond donors (Lipinski definition) is 2. The number of carbonyl (C=O) groups is 1. The van der Waals surface area contributed by atoms with Gasteiger partial charge in [-0.1, -0.05) is 0 Å². The molecular weight excluding hydrogens is 272 g/mol. The summed E-state index contributed by atoms with van der Waals surface area (Å²) in [7, 11) is -2.37. The Labute approximate surface area is 114 Å². The number of carboxylic acids is 1. The molecule has 0 aromatic heterocycles. The van der Waals surface area contributed by atoms with Crippen LogP contribution in [0.5, 0.6) is 0 Å². The zero-order valence-corrected chi connectivity index (χ0v) is 12.1. The summed E-state index contributed by atoms with van der Waals surface area (Å²) < 4.78 is 26.8. The topological polar surface area (TPSA) is 98.2 Å². The molecule has 8 heteroatoms. The molecule has 1 rings (SSSR count). The predicted molar refractivity (Wildman–Crippen MR) is 69.8 cm³/mol. The summed E-state index contributed by atoms with van der Waals surface area (Å²) in [6.45, 7) is 1.99. The van der Waals surface area contributed by atoms with E-state index < -0.39 is 28.3 Å². The smallest absolute Gasteiger partial charge is 0.322 e. The third-order valence-electron chi connectivity index (χ3n) is 3.29. The molecule has 112 valence electrons. The second kappa shape index (κ2) is 6.65. The molecule has 0 amide bonds. The van der Waals surface area contributed by atoms with Gasteiger partial charge < -0.3 is 10.2 Å². The van der Waals surface area contributed by atoms with Gasteiger partial charge in [-0.15, -0.1) is 0 Å². The lowest BCUT2D eigenvalue weighted by Crippen LogP contribution is -2.52. The van der Waals surface area contributed by atoms with Crippen molar-refractivity contribution in [1.82, 2.24) is 8.61 Å². The van der Waals surface area contributed by atoms with Gasteiger partial charge in [0.05, 0.1) is 6.10 Å². The average Bonchev–Trinajstić information content (AvgIpc) is 2.35. The zero-order valence-electron chi connectivity index (χ0n) is 11.3. The minimum absolute atomic E-state index is 0.169. The third-order valence-corrected chi connectivity index (χ3v) is 5.29. The Morgan fingerprint density at radius 1 is 1.47 bits per heavy atom. The summed E-state index contributed by atoms with van der Waals surface area (Å²) in [5.74, 6) is -1.10. The number of piperidine rings is 1. The van der Waals surface area contributed by atoms with Crippen LogP contribution in [0.3, 0.4) is 0 Å². The molecule has 0 aliphatic carbocycles. The monoisotopic (exact) mass is 294 g/mol. The Morgan fingerprint density at radius 3 is 2.63 bits per heavy atom. The first-order valence-corrected chi connectivity index (χ1v) is 7.80. The molecule has 0 aromatic rings. The Bertz CT molecular complexity index is 409. The Kier molecular flexibility index (Phi) is 5.72. The fourth-order valence-corrected chi connectivity index (χ4v) is 3.66. The predicted octanol–water partition coefficient (Wildman–Crippen LogP) is -0.127. The van der Waals surface area contributed by atoms with Crippen molar-refractivity contribution < 1.29 is 23.4 Å². The molecule has 0 radical (unpaired) electrons. The molecule has 19 heavy (non-hydrogen) atoms. The fourth-order valence-electron chi connectivity index (χ4n) is 2.09. The van der Waals surface area contributed by atoms with Gasteiger partial charge in [0.1, 0.15) is 6.04 Å². The van der Waals surface area contributed by atoms with Crippen LogP contribution in [-0.2, 0) is 15.0 Å². The minimum atomic E-state index is -3.78. The largest absolute Gasteiger partial charge is 0.480 e. The fraction of sp³-hybridized carbons (Fsp3) is 0.909. The first-order chi connectivity index (χ1) is 8.76. The minimum Gasteiger partial charge on any atom is -0.480 e. The van der Waals surface area contributed by atoms with Crippen molar-refractivity contribution in [3.05, 3.63) is 0 Å². The lowest BCUT2D eigenvalue weighted by Gasteiger charge is -2.34. The van der Waals surface area contributed by atoms with Crippen LogP contribution < -0.4 is 0 Å². The molecule has 0 saturated carbocycles. The van der Waals surface area contributed by atoms with Crippen LogP contribution in [-0.4, -0.2) is 65.5 Å². The molecular formula is C11H22N2O5S. The average molecular weight is 294 g/mol. The number of aliphatic hydroxyl groups is 1. The number of aliphatic carboxylic acids is 1. The number of hydrogen-bond acceptors (Lipinski definition) is 4. The molecule has 1 aliphatic rings. The van der Waals surface area contributed by atoms with E-state index in [0.29, 0.717) is 19.3 Å². The quantitative estimate of drug-likeness (QED) is 0.711. The molecule has 1 saturated heterocycles. The van der Waals surface area contributed by atoms with E-state index in [1.165, 1.54) is 7.05 Å². The van der Waals surface area contributed by atoms with E-state index in [9.17, 15) is 18.3 Å². The van der Waals surface area contributed by atoms with E-state index in [0.717, 1.165) is 15.0 Å². The first-order valence-electron chi connectivity index (χ1n) is 6.40. The van der Waals surface area contributed by atoms with Crippen LogP contribution >= 0.6 is 0 Å². The van der Waals surface area contributed by atoms with Gasteiger partial charge in [-0.05, 0) is 32.6 Å². The molecule has 2 unspecified atom stereocenters. The van der Waals surface area contributed by atoms with E-state index in [1.807, 2.05) is 0 Å². The van der Waals surface area contributed by atoms with E-state index in [1.54, 1.807) is 6.92 Å². The van der Waals surface area contributed by atoms with Crippen molar-refractivity contribution in [3.8, 4) is 0 Å². The SMILES string of the molecule is CC(O)CCN(C)S(=O)(=O)N1CCCCC1C(=O)O. The van der Waals surface area contributed by atoms with Gasteiger partial charge in [0.25, 0.3) is 10.2 Å². The van der Waals surface area contributed by atoms with Gasteiger partial charge in [-0.3, -0.25) is 4.79 Å². The molecule has 0 spiro atoms. The lowest BCUT2D eigenvalue weighted by molar-refractivity contribution is -0.142. The maximum absolute atomic E-state index is 12.3. The molecule has 1 aliphatic heterocycles. The first kappa shape index (κ1) is 16.4. The molecule has 2 N–H and O–H groups in total. The van der Waals surface area contributed by atoms with Gasteiger partial charge in [0.2, 0.25) is 0 Å². The summed E-state index contributed by atoms with van der Waals surface area (Å²) in [5, 5.41) is 18.3. The maximum Gasteiger partial charge on any atom is 0.322 e. The van der Waals surface area contributed by atoms with Crippen LogP contribution in [0.2, 0.25) is 0 Å². The van der Waals surface area contributed by atoms with Gasteiger partial charge >= 0.3 is 5.97 Å². The molecule has 1 heterocycles. The normalized spacial score (nSPS) is 23.5. The number of rotatable bonds is 6. The van der Waals surface area contributed by atoms with Crippen molar-refractivity contribution in [3.63, 3.8) is 0 Å². The Balaban J connectivity index is 2.81. The molecule has 1 fully saturated rings. The summed E-state index contributed by atoms with van der Waals surface area (Å²) >= 11 is 0. The highest BCUT2D eigenvalue weighted by Gasteiger charge is 2.38. The lowest BCUT2D eigenvalue weighted by atomic mass is 10.1. The summed E-state index contributed by atoms with van der Waals surface area (Å²) in [6, 6.07) is -0.979. The zero-order chi connectivity index (χ0) is 14.6. The Hall–Kier alpha value is -0.700. The van der Waals surface area contributed by atoms with E-state index in [-0.39, 0.29) is 13.1 Å². The number of aliphatic hydroxyl groups excluding tert-OH is 1. The molecule has 7 nitrogen and oxygen atoms in total. The van der Waals surface area contributed by atoms with E-state index >= 15 is 0 Å². The molecule has 0 aromatic carbocycles. The van der Waals surface area contributed by atoms with E-state index in [2.05, 4.69) is 0 Å². The van der Waals surface area contributed by atoms with Crippen LogP contribution in [0.4, 0.5) is 0 Å². The highest BCUT2D eigenvalue weighted by atomic mass is 32.2. The van der Waals surface area contributed by atoms with Crippen molar-refractivity contribution in [2.75, 3.05) is 20.1 Å². The van der Waals surface area contributed by atoms with Gasteiger partial charge in [-0.2, -0.15) is 17.0 Å². The standard InChI is InChI=1S/C11H22N2O5S/c1-9(14)6-8-12(2)19(17,18)13-7-4-3-5-10(13)11(15)16/h9-10,14H,3-8H2,1-2H3,(H,15,16). The summed E-state index contributed by atoms with van der Waals surface area (Å²) in [6.07, 6.45) is 1.47. The van der Waals surface area contributed by atoms with Gasteiger partial charge in [0, 0.05) is 20.1 Å². The summed E-state index contributed by atoms with van der Waals surface area (Å²) in [4.78, 5) is 11.1. The summed E-state index contributed by atoms with van der Waals surface area (Å²) in [5.41, 5.74) is 0. The van der Waals surface area contributed by atoms with E-state index in [4.69, 9.17) is 5.11 Å². The second-order valence-electron chi connectivity index (χ2n) is 4.93. The second-order valence-corrected chi connectivity index (χ2v) is 6.92. The van der Waals surface area contributed by atoms with Crippen molar-refractivity contribution >= 4 is 16.2 Å². The van der Waals surface area contributed by atoms with Crippen LogP contribution in [0.15, 0.2) is 0 Å². The van der Waals surface area contributed by atoms with Crippen LogP contribution in [0.25, 0.3) is 0 Å². The highest BCUT2D eigenvalue weighted by molar-refractivity contribution is 7.86. The van der Waals surface area contributed by atoms with Crippen molar-refractivity contribution in [2.24, 2.45) is 0 Å².